The highest BCUT2D eigenvalue weighted by Crippen LogP contribution is 2.61. The maximum absolute atomic E-state index is 12.5. The first kappa shape index (κ1) is 16.3. The lowest BCUT2D eigenvalue weighted by molar-refractivity contribution is -0.103. The van der Waals surface area contributed by atoms with Crippen LogP contribution in [0.2, 0.25) is 10.0 Å². The molecule has 0 radical (unpaired) electrons. The van der Waals surface area contributed by atoms with Crippen LogP contribution in [0.4, 0.5) is 0 Å². The molecule has 0 saturated heterocycles. The maximum Gasteiger partial charge on any atom is 0.267 e. The largest absolute Gasteiger partial charge is 0.350 e. The van der Waals surface area contributed by atoms with Crippen molar-refractivity contribution < 1.29 is 4.79 Å². The predicted octanol–water partition coefficient (Wildman–Crippen LogP) is 5.28. The number of carbonyl (C=O) groups is 1. The van der Waals surface area contributed by atoms with Gasteiger partial charge < -0.3 is 10.3 Å². The van der Waals surface area contributed by atoms with Gasteiger partial charge in [0.05, 0.1) is 5.02 Å². The Hall–Kier alpha value is -1.19. The topological polar surface area (TPSA) is 44.9 Å². The van der Waals surface area contributed by atoms with Crippen LogP contribution >= 0.6 is 23.2 Å². The van der Waals surface area contributed by atoms with Crippen LogP contribution in [0, 0.1) is 23.2 Å². The normalized spacial score (nSPS) is 27.8. The highest BCUT2D eigenvalue weighted by molar-refractivity contribution is 6.38. The monoisotopic (exact) mass is 364 g/mol. The fraction of sp³-hybridized carbons (Fsp3) is 0.526. The number of amides is 1. The van der Waals surface area contributed by atoms with Crippen molar-refractivity contribution in [2.45, 2.75) is 33.1 Å². The molecule has 0 unspecified atom stereocenters. The van der Waals surface area contributed by atoms with Gasteiger partial charge in [0.15, 0.2) is 0 Å². The number of hydrogen-bond donors (Lipinski definition) is 2. The molecule has 1 aromatic carbocycles. The molecule has 24 heavy (non-hydrogen) atoms. The zero-order chi connectivity index (χ0) is 17.1. The minimum atomic E-state index is -0.0716. The molecule has 3 aliphatic rings. The van der Waals surface area contributed by atoms with Crippen LogP contribution in [-0.4, -0.2) is 17.4 Å². The van der Waals surface area contributed by atoms with Crippen molar-refractivity contribution in [1.29, 1.82) is 0 Å². The summed E-state index contributed by atoms with van der Waals surface area (Å²) in [6, 6.07) is 5.28. The second kappa shape index (κ2) is 5.67. The van der Waals surface area contributed by atoms with E-state index < -0.39 is 0 Å². The third kappa shape index (κ3) is 2.53. The molecule has 1 amide bonds. The summed E-state index contributed by atoms with van der Waals surface area (Å²) in [4.78, 5) is 15.6. The minimum Gasteiger partial charge on any atom is -0.350 e. The van der Waals surface area contributed by atoms with Crippen LogP contribution in [0.5, 0.6) is 0 Å². The zero-order valence-corrected chi connectivity index (χ0v) is 15.5. The van der Waals surface area contributed by atoms with Crippen molar-refractivity contribution in [1.82, 2.24) is 10.3 Å². The van der Waals surface area contributed by atoms with Crippen LogP contribution in [0.15, 0.2) is 18.2 Å². The molecule has 128 valence electrons. The second-order valence-corrected chi connectivity index (χ2v) is 8.78. The van der Waals surface area contributed by atoms with Gasteiger partial charge in [-0.3, -0.25) is 4.79 Å². The van der Waals surface area contributed by atoms with Gasteiger partial charge in [-0.2, -0.15) is 0 Å². The van der Waals surface area contributed by atoms with Crippen molar-refractivity contribution in [2.75, 3.05) is 6.54 Å². The summed E-state index contributed by atoms with van der Waals surface area (Å²) in [6.07, 6.45) is 3.85. The molecule has 3 aliphatic carbocycles. The Morgan fingerprint density at radius 3 is 2.79 bits per heavy atom. The van der Waals surface area contributed by atoms with E-state index in [1.807, 2.05) is 0 Å². The fourth-order valence-electron chi connectivity index (χ4n) is 4.81. The van der Waals surface area contributed by atoms with E-state index >= 15 is 0 Å². The number of benzene rings is 1. The first-order valence-corrected chi connectivity index (χ1v) is 9.38. The number of carbonyl (C=O) groups excluding carboxylic acids is 1. The Labute approximate surface area is 152 Å². The fourth-order valence-corrected chi connectivity index (χ4v) is 5.36. The molecule has 5 rings (SSSR count). The SMILES string of the molecule is CC1(C)[C@@H]2CC[C@@H](CNC(=O)c3cc4c(Cl)cc(Cl)cc4[nH]3)[C@H]1C2. The van der Waals surface area contributed by atoms with Gasteiger partial charge in [0.1, 0.15) is 5.69 Å². The molecule has 2 N–H and O–H groups in total. The molecule has 3 saturated carbocycles. The summed E-state index contributed by atoms with van der Waals surface area (Å²) in [5, 5.41) is 5.05. The third-order valence-corrected chi connectivity index (χ3v) is 6.95. The van der Waals surface area contributed by atoms with Crippen molar-refractivity contribution in [2.24, 2.45) is 23.2 Å². The molecule has 5 heteroatoms. The van der Waals surface area contributed by atoms with Crippen molar-refractivity contribution in [3.63, 3.8) is 0 Å². The van der Waals surface area contributed by atoms with Crippen molar-refractivity contribution >= 4 is 40.0 Å². The van der Waals surface area contributed by atoms with E-state index in [9.17, 15) is 4.79 Å². The van der Waals surface area contributed by atoms with Gasteiger partial charge in [-0.1, -0.05) is 37.0 Å². The van der Waals surface area contributed by atoms with Gasteiger partial charge >= 0.3 is 0 Å². The van der Waals surface area contributed by atoms with Gasteiger partial charge in [-0.05, 0) is 60.6 Å². The number of hydrogen-bond acceptors (Lipinski definition) is 1. The number of nitrogens with one attached hydrogen (secondary N) is 2. The smallest absolute Gasteiger partial charge is 0.267 e. The lowest BCUT2D eigenvalue weighted by Crippen LogP contribution is -2.54. The van der Waals surface area contributed by atoms with E-state index in [2.05, 4.69) is 24.1 Å². The van der Waals surface area contributed by atoms with Crippen LogP contribution in [-0.2, 0) is 0 Å². The Morgan fingerprint density at radius 2 is 2.08 bits per heavy atom. The van der Waals surface area contributed by atoms with E-state index in [0.29, 0.717) is 27.1 Å². The highest BCUT2D eigenvalue weighted by Gasteiger charge is 2.53. The standard InChI is InChI=1S/C19H22Cl2N2O/c1-19(2)11-4-3-10(14(19)5-11)9-22-18(24)17-8-13-15(21)6-12(20)7-16(13)23-17/h6-8,10-11,14,23H,3-5,9H2,1-2H3,(H,22,24)/t10-,11+,14+/m0/s1. The van der Waals surface area contributed by atoms with E-state index in [1.54, 1.807) is 18.2 Å². The summed E-state index contributed by atoms with van der Waals surface area (Å²) in [7, 11) is 0. The molecular weight excluding hydrogens is 343 g/mol. The van der Waals surface area contributed by atoms with Crippen LogP contribution in [0.1, 0.15) is 43.6 Å². The number of rotatable bonds is 3. The van der Waals surface area contributed by atoms with Gasteiger partial charge in [0.25, 0.3) is 5.91 Å². The average molecular weight is 365 g/mol. The second-order valence-electron chi connectivity index (χ2n) is 7.94. The molecule has 1 aromatic heterocycles. The number of H-pyrrole nitrogens is 1. The summed E-state index contributed by atoms with van der Waals surface area (Å²) in [6.45, 7) is 5.51. The van der Waals surface area contributed by atoms with Gasteiger partial charge in [0.2, 0.25) is 0 Å². The number of aromatic amines is 1. The Bertz CT molecular complexity index is 809. The minimum absolute atomic E-state index is 0.0716. The maximum atomic E-state index is 12.5. The predicted molar refractivity (Wildman–Crippen MR) is 98.8 cm³/mol. The van der Waals surface area contributed by atoms with Gasteiger partial charge in [-0.15, -0.1) is 0 Å². The van der Waals surface area contributed by atoms with E-state index in [1.165, 1.54) is 19.3 Å². The highest BCUT2D eigenvalue weighted by atomic mass is 35.5. The average Bonchev–Trinajstić information content (AvgIpc) is 2.97. The Kier molecular flexibility index (Phi) is 3.85. The Morgan fingerprint density at radius 1 is 1.29 bits per heavy atom. The molecular formula is C19H22Cl2N2O. The van der Waals surface area contributed by atoms with Crippen LogP contribution in [0.3, 0.4) is 0 Å². The molecule has 0 spiro atoms. The molecule has 1 heterocycles. The number of fused-ring (bicyclic) bond motifs is 3. The summed E-state index contributed by atoms with van der Waals surface area (Å²) in [5.74, 6) is 2.15. The number of halogens is 2. The quantitative estimate of drug-likeness (QED) is 0.764. The van der Waals surface area contributed by atoms with E-state index in [4.69, 9.17) is 23.2 Å². The van der Waals surface area contributed by atoms with E-state index in [0.717, 1.165) is 29.3 Å². The molecule has 0 aliphatic heterocycles. The lowest BCUT2D eigenvalue weighted by Gasteiger charge is -2.60. The third-order valence-electron chi connectivity index (χ3n) is 6.42. The molecule has 3 nitrogen and oxygen atoms in total. The van der Waals surface area contributed by atoms with Gasteiger partial charge in [0, 0.05) is 22.5 Å². The van der Waals surface area contributed by atoms with E-state index in [-0.39, 0.29) is 5.91 Å². The summed E-state index contributed by atoms with van der Waals surface area (Å²) in [5.41, 5.74) is 1.77. The molecule has 2 aromatic rings. The number of aromatic nitrogens is 1. The van der Waals surface area contributed by atoms with Crippen molar-refractivity contribution in [3.05, 3.63) is 33.9 Å². The zero-order valence-electron chi connectivity index (χ0n) is 14.0. The molecule has 3 fully saturated rings. The first-order valence-electron chi connectivity index (χ1n) is 8.62. The summed E-state index contributed by atoms with van der Waals surface area (Å²) < 4.78 is 0. The first-order chi connectivity index (χ1) is 11.4. The summed E-state index contributed by atoms with van der Waals surface area (Å²) >= 11 is 12.2. The Balaban J connectivity index is 1.46. The lowest BCUT2D eigenvalue weighted by atomic mass is 9.45. The van der Waals surface area contributed by atoms with Crippen LogP contribution in [0.25, 0.3) is 10.9 Å². The molecule has 3 atom stereocenters. The van der Waals surface area contributed by atoms with Crippen LogP contribution < -0.4 is 5.32 Å². The van der Waals surface area contributed by atoms with Crippen molar-refractivity contribution in [3.8, 4) is 0 Å². The molecule has 2 bridgehead atoms. The van der Waals surface area contributed by atoms with Gasteiger partial charge in [-0.25, -0.2) is 0 Å².